The number of hydrogen-bond acceptors (Lipinski definition) is 2. The number of nitrogens with two attached hydrogens (primary N) is 1. The van der Waals surface area contributed by atoms with Gasteiger partial charge in [-0.2, -0.15) is 0 Å². The second-order valence-electron chi connectivity index (χ2n) is 5.60. The average molecular weight is 212 g/mol. The molecule has 0 heterocycles. The molecular formula is C12H24N2O. The minimum atomic E-state index is -0.578. The second kappa shape index (κ2) is 4.52. The zero-order valence-electron chi connectivity index (χ0n) is 10.3. The Labute approximate surface area is 92.8 Å². The first-order valence-corrected chi connectivity index (χ1v) is 5.90. The van der Waals surface area contributed by atoms with Crippen molar-refractivity contribution in [3.05, 3.63) is 0 Å². The van der Waals surface area contributed by atoms with Gasteiger partial charge in [0, 0.05) is 6.04 Å². The number of carbonyl (C=O) groups is 1. The van der Waals surface area contributed by atoms with Gasteiger partial charge in [0.15, 0.2) is 0 Å². The quantitative estimate of drug-likeness (QED) is 0.747. The van der Waals surface area contributed by atoms with Gasteiger partial charge >= 0.3 is 0 Å². The van der Waals surface area contributed by atoms with Crippen molar-refractivity contribution in [2.75, 3.05) is 0 Å². The average Bonchev–Trinajstić information content (AvgIpc) is 2.10. The molecule has 0 saturated heterocycles. The van der Waals surface area contributed by atoms with Crippen molar-refractivity contribution in [1.82, 2.24) is 5.32 Å². The number of primary amides is 1. The highest BCUT2D eigenvalue weighted by Gasteiger charge is 2.31. The molecule has 88 valence electrons. The molecule has 3 nitrogen and oxygen atoms in total. The molecule has 0 bridgehead atoms. The number of amides is 1. The fraction of sp³-hybridized carbons (Fsp3) is 0.917. The molecule has 1 fully saturated rings. The molecule has 3 atom stereocenters. The third-order valence-corrected chi connectivity index (χ3v) is 3.78. The molecule has 3 N–H and O–H groups in total. The van der Waals surface area contributed by atoms with E-state index < -0.39 is 5.54 Å². The van der Waals surface area contributed by atoms with E-state index in [4.69, 9.17) is 5.73 Å². The van der Waals surface area contributed by atoms with E-state index in [1.54, 1.807) is 0 Å². The molecule has 1 rings (SSSR count). The predicted molar refractivity (Wildman–Crippen MR) is 62.4 cm³/mol. The minimum absolute atomic E-state index is 0.270. The number of nitrogens with one attached hydrogen (secondary N) is 1. The van der Waals surface area contributed by atoms with Crippen molar-refractivity contribution >= 4 is 5.91 Å². The molecule has 1 aliphatic rings. The van der Waals surface area contributed by atoms with Crippen molar-refractivity contribution in [2.24, 2.45) is 17.6 Å². The zero-order chi connectivity index (χ0) is 11.6. The Hall–Kier alpha value is -0.570. The summed E-state index contributed by atoms with van der Waals surface area (Å²) in [6, 6.07) is 0.443. The van der Waals surface area contributed by atoms with Gasteiger partial charge < -0.3 is 11.1 Å². The largest absolute Gasteiger partial charge is 0.368 e. The number of hydrogen-bond donors (Lipinski definition) is 2. The van der Waals surface area contributed by atoms with Gasteiger partial charge in [-0.3, -0.25) is 4.79 Å². The lowest BCUT2D eigenvalue weighted by Gasteiger charge is -2.36. The highest BCUT2D eigenvalue weighted by Crippen LogP contribution is 2.30. The second-order valence-corrected chi connectivity index (χ2v) is 5.60. The summed E-state index contributed by atoms with van der Waals surface area (Å²) in [6.45, 7) is 8.31. The van der Waals surface area contributed by atoms with Crippen molar-refractivity contribution < 1.29 is 4.79 Å². The first kappa shape index (κ1) is 12.5. The molecule has 3 heteroatoms. The predicted octanol–water partition coefficient (Wildman–Crippen LogP) is 1.66. The van der Waals surface area contributed by atoms with Crippen molar-refractivity contribution in [3.63, 3.8) is 0 Å². The Balaban J connectivity index is 2.50. The van der Waals surface area contributed by atoms with E-state index in [0.717, 1.165) is 24.7 Å². The van der Waals surface area contributed by atoms with Gasteiger partial charge in [0.25, 0.3) is 0 Å². The van der Waals surface area contributed by atoms with E-state index in [2.05, 4.69) is 19.2 Å². The summed E-state index contributed by atoms with van der Waals surface area (Å²) in [5.41, 5.74) is 4.77. The van der Waals surface area contributed by atoms with E-state index in [0.29, 0.717) is 6.04 Å². The van der Waals surface area contributed by atoms with Gasteiger partial charge in [-0.05, 0) is 44.9 Å². The van der Waals surface area contributed by atoms with E-state index in [-0.39, 0.29) is 5.91 Å². The van der Waals surface area contributed by atoms with E-state index in [9.17, 15) is 4.79 Å². The highest BCUT2D eigenvalue weighted by atomic mass is 16.1. The highest BCUT2D eigenvalue weighted by molar-refractivity contribution is 5.83. The van der Waals surface area contributed by atoms with Crippen molar-refractivity contribution in [3.8, 4) is 0 Å². The van der Waals surface area contributed by atoms with Crippen LogP contribution >= 0.6 is 0 Å². The van der Waals surface area contributed by atoms with Crippen LogP contribution in [0.4, 0.5) is 0 Å². The molecule has 0 spiro atoms. The standard InChI is InChI=1S/C12H24N2O/c1-8-5-6-10(7-9(8)2)14-12(3,4)11(13)15/h8-10,14H,5-7H2,1-4H3,(H2,13,15). The Morgan fingerprint density at radius 2 is 1.87 bits per heavy atom. The molecule has 0 aliphatic heterocycles. The lowest BCUT2D eigenvalue weighted by atomic mass is 9.78. The van der Waals surface area contributed by atoms with Gasteiger partial charge in [0.1, 0.15) is 0 Å². The Bertz CT molecular complexity index is 238. The summed E-state index contributed by atoms with van der Waals surface area (Å²) in [6.07, 6.45) is 3.55. The summed E-state index contributed by atoms with van der Waals surface area (Å²) in [4.78, 5) is 11.2. The molecule has 3 unspecified atom stereocenters. The third-order valence-electron chi connectivity index (χ3n) is 3.78. The Morgan fingerprint density at radius 1 is 1.27 bits per heavy atom. The summed E-state index contributed by atoms with van der Waals surface area (Å²) < 4.78 is 0. The number of rotatable bonds is 3. The normalized spacial score (nSPS) is 32.7. The van der Waals surface area contributed by atoms with Gasteiger partial charge in [0.2, 0.25) is 5.91 Å². The third kappa shape index (κ3) is 3.20. The van der Waals surface area contributed by atoms with Crippen LogP contribution in [0.1, 0.15) is 47.0 Å². The van der Waals surface area contributed by atoms with Crippen LogP contribution in [-0.2, 0) is 4.79 Å². The fourth-order valence-electron chi connectivity index (χ4n) is 2.26. The van der Waals surface area contributed by atoms with Crippen LogP contribution in [0.2, 0.25) is 0 Å². The molecule has 0 aromatic heterocycles. The molecule has 1 saturated carbocycles. The van der Waals surface area contributed by atoms with Gasteiger partial charge in [0.05, 0.1) is 5.54 Å². The molecule has 1 amide bonds. The van der Waals surface area contributed by atoms with Crippen LogP contribution in [0.15, 0.2) is 0 Å². The van der Waals surface area contributed by atoms with Crippen LogP contribution in [0.25, 0.3) is 0 Å². The first-order valence-electron chi connectivity index (χ1n) is 5.90. The van der Waals surface area contributed by atoms with Gasteiger partial charge in [-0.25, -0.2) is 0 Å². The summed E-state index contributed by atoms with van der Waals surface area (Å²) >= 11 is 0. The molecule has 0 radical (unpaired) electrons. The Morgan fingerprint density at radius 3 is 2.33 bits per heavy atom. The van der Waals surface area contributed by atoms with Gasteiger partial charge in [-0.15, -0.1) is 0 Å². The maximum Gasteiger partial charge on any atom is 0.237 e. The van der Waals surface area contributed by atoms with E-state index in [1.807, 2.05) is 13.8 Å². The van der Waals surface area contributed by atoms with Crippen LogP contribution in [-0.4, -0.2) is 17.5 Å². The smallest absolute Gasteiger partial charge is 0.237 e. The SMILES string of the molecule is CC1CCC(NC(C)(C)C(N)=O)CC1C. The Kier molecular flexibility index (Phi) is 3.77. The van der Waals surface area contributed by atoms with Crippen LogP contribution in [0.3, 0.4) is 0 Å². The zero-order valence-corrected chi connectivity index (χ0v) is 10.3. The molecule has 15 heavy (non-hydrogen) atoms. The summed E-state index contributed by atoms with van der Waals surface area (Å²) in [7, 11) is 0. The maximum absolute atomic E-state index is 11.2. The number of carbonyl (C=O) groups excluding carboxylic acids is 1. The lowest BCUT2D eigenvalue weighted by molar-refractivity contribution is -0.123. The van der Waals surface area contributed by atoms with Crippen LogP contribution in [0.5, 0.6) is 0 Å². The molecular weight excluding hydrogens is 188 g/mol. The minimum Gasteiger partial charge on any atom is -0.368 e. The maximum atomic E-state index is 11.2. The monoisotopic (exact) mass is 212 g/mol. The summed E-state index contributed by atoms with van der Waals surface area (Å²) in [5.74, 6) is 1.27. The van der Waals surface area contributed by atoms with Crippen molar-refractivity contribution in [1.29, 1.82) is 0 Å². The van der Waals surface area contributed by atoms with Crippen LogP contribution in [0, 0.1) is 11.8 Å². The van der Waals surface area contributed by atoms with Crippen LogP contribution < -0.4 is 11.1 Å². The molecule has 1 aliphatic carbocycles. The fourth-order valence-corrected chi connectivity index (χ4v) is 2.26. The lowest BCUT2D eigenvalue weighted by Crippen LogP contribution is -2.55. The molecule has 0 aromatic carbocycles. The van der Waals surface area contributed by atoms with E-state index >= 15 is 0 Å². The van der Waals surface area contributed by atoms with Gasteiger partial charge in [-0.1, -0.05) is 13.8 Å². The first-order chi connectivity index (χ1) is 6.83. The van der Waals surface area contributed by atoms with Crippen molar-refractivity contribution in [2.45, 2.75) is 58.5 Å². The topological polar surface area (TPSA) is 55.1 Å². The van der Waals surface area contributed by atoms with E-state index in [1.165, 1.54) is 6.42 Å². The molecule has 0 aromatic rings. The summed E-state index contributed by atoms with van der Waals surface area (Å²) in [5, 5.41) is 3.37.